The van der Waals surface area contributed by atoms with Crippen molar-refractivity contribution >= 4 is 70.9 Å². The molecule has 0 bridgehead atoms. The summed E-state index contributed by atoms with van der Waals surface area (Å²) < 4.78 is 15.2. The van der Waals surface area contributed by atoms with Crippen molar-refractivity contribution < 1.29 is 97.7 Å². The third-order valence-corrected chi connectivity index (χ3v) is 16.6. The first kappa shape index (κ1) is 67.9. The van der Waals surface area contributed by atoms with E-state index in [1.54, 1.807) is 18.3 Å². The molecule has 8 amide bonds. The summed E-state index contributed by atoms with van der Waals surface area (Å²) in [5.74, 6) is -10.3. The number of nitrogens with zero attached hydrogens (tertiary/aromatic N) is 3. The number of β-amino-alcohol motifs (C(OH)–C–C–N with tert-alkyl or cyclic N) is 1. The molecule has 3 saturated heterocycles. The topological polar surface area (TPSA) is 441 Å². The number of aliphatic hydroxyl groups excluding tert-OH is 6. The lowest BCUT2D eigenvalue weighted by Crippen LogP contribution is -2.64. The van der Waals surface area contributed by atoms with Crippen LogP contribution in [0.1, 0.15) is 81.6 Å². The van der Waals surface area contributed by atoms with Crippen molar-refractivity contribution in [1.29, 1.82) is 0 Å². The van der Waals surface area contributed by atoms with E-state index in [2.05, 4.69) is 47.9 Å². The van der Waals surface area contributed by atoms with Crippen LogP contribution in [0.4, 0.5) is 0 Å². The van der Waals surface area contributed by atoms with Crippen molar-refractivity contribution in [2.45, 2.75) is 145 Å². The number of thiazole rings is 1. The second-order valence-corrected chi connectivity index (χ2v) is 23.3. The van der Waals surface area contributed by atoms with Gasteiger partial charge in [0.1, 0.15) is 47.0 Å². The van der Waals surface area contributed by atoms with Gasteiger partial charge in [-0.05, 0) is 73.0 Å². The fourth-order valence-corrected chi connectivity index (χ4v) is 11.6. The number of carbonyl (C=O) groups excluding carboxylic acids is 8. The van der Waals surface area contributed by atoms with Crippen LogP contribution in [0, 0.1) is 5.92 Å². The average Bonchev–Trinajstić information content (AvgIpc) is 3.73. The fourth-order valence-electron chi connectivity index (χ4n) is 10.4. The maximum atomic E-state index is 14.7. The van der Waals surface area contributed by atoms with Crippen LogP contribution < -0.4 is 41.2 Å². The number of aromatic nitrogens is 1. The number of aromatic hydroxyl groups is 1. The first-order valence-corrected chi connectivity index (χ1v) is 29.9. The molecule has 13 unspecified atom stereocenters. The zero-order chi connectivity index (χ0) is 63.9. The summed E-state index contributed by atoms with van der Waals surface area (Å²) in [5.41, 5.74) is 7.08. The smallest absolute Gasteiger partial charge is 0.261 e. The molecule has 0 radical (unpaired) electrons. The Labute approximate surface area is 513 Å². The normalized spacial score (nSPS) is 25.2. The standard InChI is InChI=1S/C57H73N9O20S2/c1-4-5-6-7-18-83-36-15-13-33(14-16-36)55-60-25-43(87-55)31-9-11-32(12-10-31)50(75)61-37-21-34(68)24-59-54(79)48-49(74)28(2)26-66(48)57(81)47(41(72)23-44(58)73)64-53(78)46(40(71)19-30-8-17-39(70)42(20-30)84-88-86-85-82)63-52(77)38-22-35(69)27-65(38)56(80)45(29(3)67)62-51(37)76/h8-17,20,25,28-29,34-35,37-38,40-41,45-49,67-72,74,82H,4-7,18-19,21-24,26-27H2,1-3H3,(H2,58,73)(H,59,79)(H,61,75)(H,62,76)(H,63,77)(H,64,78). The molecule has 15 N–H and O–H groups in total. The number of nitrogens with one attached hydrogen (secondary N) is 5. The highest BCUT2D eigenvalue weighted by atomic mass is 32.2. The quantitative estimate of drug-likeness (QED) is 0.0213. The Morgan fingerprint density at radius 2 is 1.49 bits per heavy atom. The molecule has 3 aliphatic rings. The molecule has 4 aromatic rings. The number of benzene rings is 3. The molecule has 31 heteroatoms. The lowest BCUT2D eigenvalue weighted by Gasteiger charge is -2.33. The predicted molar refractivity (Wildman–Crippen MR) is 312 cm³/mol. The van der Waals surface area contributed by atoms with E-state index in [4.69, 9.17) is 19.9 Å². The molecule has 0 spiro atoms. The Morgan fingerprint density at radius 3 is 2.17 bits per heavy atom. The molecule has 3 aliphatic heterocycles. The van der Waals surface area contributed by atoms with Crippen LogP contribution >= 0.6 is 23.7 Å². The Hall–Kier alpha value is -7.56. The van der Waals surface area contributed by atoms with Gasteiger partial charge >= 0.3 is 0 Å². The van der Waals surface area contributed by atoms with Gasteiger partial charge in [-0.2, -0.15) is 0 Å². The van der Waals surface area contributed by atoms with Crippen LogP contribution in [0.25, 0.3) is 21.0 Å². The summed E-state index contributed by atoms with van der Waals surface area (Å²) in [6.45, 7) is 3.65. The number of carbonyl (C=O) groups is 8. The van der Waals surface area contributed by atoms with E-state index in [0.29, 0.717) is 12.2 Å². The lowest BCUT2D eigenvalue weighted by atomic mass is 9.98. The lowest BCUT2D eigenvalue weighted by molar-refractivity contribution is -0.433. The molecule has 3 fully saturated rings. The molecule has 29 nitrogen and oxygen atoms in total. The molecular formula is C57H73N9O20S2. The maximum absolute atomic E-state index is 14.7. The third kappa shape index (κ3) is 17.6. The predicted octanol–water partition coefficient (Wildman–Crippen LogP) is -0.671. The number of unbranched alkanes of at least 4 members (excludes halogenated alkanes) is 3. The highest BCUT2D eigenvalue weighted by Crippen LogP contribution is 2.34. The fraction of sp³-hybridized carbons (Fsp3) is 0.491. The minimum atomic E-state index is -2.21. The number of hydrogen-bond donors (Lipinski definition) is 14. The summed E-state index contributed by atoms with van der Waals surface area (Å²) in [4.78, 5) is 120. The van der Waals surface area contributed by atoms with Crippen LogP contribution in [0.3, 0.4) is 0 Å². The second kappa shape index (κ2) is 31.6. The number of ether oxygens (including phenoxy) is 1. The molecule has 13 atom stereocenters. The molecule has 0 aliphatic carbocycles. The minimum absolute atomic E-state index is 0.0327. The maximum Gasteiger partial charge on any atom is 0.261 e. The Bertz CT molecular complexity index is 3090. The minimum Gasteiger partial charge on any atom is -0.504 e. The van der Waals surface area contributed by atoms with E-state index in [-0.39, 0.29) is 29.2 Å². The number of amides is 8. The molecule has 0 saturated carbocycles. The summed E-state index contributed by atoms with van der Waals surface area (Å²) in [5, 5.41) is 103. The summed E-state index contributed by atoms with van der Waals surface area (Å²) in [7, 11) is 0. The van der Waals surface area contributed by atoms with Crippen LogP contribution in [-0.4, -0.2) is 202 Å². The van der Waals surface area contributed by atoms with Crippen LogP contribution in [-0.2, 0) is 49.4 Å². The summed E-state index contributed by atoms with van der Waals surface area (Å²) in [6, 6.07) is 5.70. The molecule has 4 heterocycles. The van der Waals surface area contributed by atoms with Gasteiger partial charge in [0.25, 0.3) is 18.2 Å². The molecule has 7 rings (SSSR count). The van der Waals surface area contributed by atoms with E-state index < -0.39 is 177 Å². The zero-order valence-electron chi connectivity index (χ0n) is 48.1. The van der Waals surface area contributed by atoms with Crippen molar-refractivity contribution in [1.82, 2.24) is 41.4 Å². The molecule has 3 aromatic carbocycles. The van der Waals surface area contributed by atoms with Crippen LogP contribution in [0.5, 0.6) is 17.2 Å². The van der Waals surface area contributed by atoms with Gasteiger partial charge in [0.2, 0.25) is 41.4 Å². The van der Waals surface area contributed by atoms with Gasteiger partial charge in [-0.1, -0.05) is 60.7 Å². The van der Waals surface area contributed by atoms with Gasteiger partial charge < -0.3 is 86.8 Å². The van der Waals surface area contributed by atoms with E-state index >= 15 is 0 Å². The monoisotopic (exact) mass is 1270 g/mol. The average molecular weight is 1270 g/mol. The molecular weight excluding hydrogens is 1190 g/mol. The van der Waals surface area contributed by atoms with Crippen molar-refractivity contribution in [2.24, 2.45) is 11.7 Å². The van der Waals surface area contributed by atoms with E-state index in [0.717, 1.165) is 75.7 Å². The van der Waals surface area contributed by atoms with Crippen LogP contribution in [0.15, 0.2) is 72.9 Å². The van der Waals surface area contributed by atoms with Crippen molar-refractivity contribution in [3.05, 3.63) is 84.1 Å². The Morgan fingerprint density at radius 1 is 0.807 bits per heavy atom. The number of phenols is 1. The third-order valence-electron chi connectivity index (χ3n) is 15.1. The van der Waals surface area contributed by atoms with Gasteiger partial charge in [0, 0.05) is 62.1 Å². The first-order chi connectivity index (χ1) is 42.0. The number of primary amides is 1. The second-order valence-electron chi connectivity index (χ2n) is 21.8. The van der Waals surface area contributed by atoms with E-state index in [1.165, 1.54) is 36.5 Å². The number of phenolic OH excluding ortho intramolecular Hbond substituents is 1. The summed E-state index contributed by atoms with van der Waals surface area (Å²) >= 11 is 1.46. The van der Waals surface area contributed by atoms with Crippen molar-refractivity contribution in [2.75, 3.05) is 26.2 Å². The highest BCUT2D eigenvalue weighted by Gasteiger charge is 2.50. The molecule has 1 aromatic heterocycles. The largest absolute Gasteiger partial charge is 0.504 e. The Kier molecular flexibility index (Phi) is 24.4. The van der Waals surface area contributed by atoms with Gasteiger partial charge in [-0.25, -0.2) is 10.2 Å². The molecule has 88 heavy (non-hydrogen) atoms. The Balaban J connectivity index is 1.18. The number of nitrogens with two attached hydrogens (primary N) is 1. The van der Waals surface area contributed by atoms with Crippen molar-refractivity contribution in [3.63, 3.8) is 0 Å². The van der Waals surface area contributed by atoms with Crippen molar-refractivity contribution in [3.8, 4) is 38.3 Å². The van der Waals surface area contributed by atoms with Gasteiger partial charge in [-0.3, -0.25) is 38.4 Å². The SMILES string of the molecule is CCCCCCOc1ccc(-c2ncc(-c3ccc(C(=O)NC4CC(O)CNC(=O)C5C(O)C(C)CN5C(=O)C(C(O)CC(N)=O)NC(=O)C(C(O)Cc5ccc(O)c(OSOOO)c5)NC(=O)C5CC(O)CN5C(=O)C(C(C)O)NC4=O)cc3)s2)cc1. The van der Waals surface area contributed by atoms with E-state index in [1.807, 2.05) is 24.3 Å². The first-order valence-electron chi connectivity index (χ1n) is 28.4. The molecule has 478 valence electrons. The number of fused-ring (bicyclic) bond motifs is 2. The van der Waals surface area contributed by atoms with Gasteiger partial charge in [-0.15, -0.1) is 11.3 Å². The summed E-state index contributed by atoms with van der Waals surface area (Å²) in [6.07, 6.45) is -7.55. The number of aliphatic hydroxyl groups is 6. The number of hydrogen-bond acceptors (Lipinski definition) is 23. The highest BCUT2D eigenvalue weighted by molar-refractivity contribution is 7.90. The van der Waals surface area contributed by atoms with Gasteiger partial charge in [0.05, 0.1) is 54.5 Å². The zero-order valence-corrected chi connectivity index (χ0v) is 49.8. The van der Waals surface area contributed by atoms with Gasteiger partial charge in [0.15, 0.2) is 11.5 Å². The number of rotatable bonds is 21. The van der Waals surface area contributed by atoms with Crippen LogP contribution in [0.2, 0.25) is 0 Å². The van der Waals surface area contributed by atoms with E-state index in [9.17, 15) is 74.1 Å².